The van der Waals surface area contributed by atoms with E-state index in [9.17, 15) is 8.42 Å². The van der Waals surface area contributed by atoms with Crippen molar-refractivity contribution < 1.29 is 8.42 Å². The number of hydrogen-bond acceptors (Lipinski definition) is 3. The molecular weight excluding hydrogens is 284 g/mol. The maximum Gasteiger partial charge on any atom is 0.241 e. The molecule has 0 saturated heterocycles. The molecule has 21 heavy (non-hydrogen) atoms. The number of sulfonamides is 1. The van der Waals surface area contributed by atoms with Gasteiger partial charge in [0.1, 0.15) is 0 Å². The van der Waals surface area contributed by atoms with Gasteiger partial charge in [0.05, 0.1) is 11.1 Å². The quantitative estimate of drug-likeness (QED) is 0.688. The first-order chi connectivity index (χ1) is 9.98. The largest absolute Gasteiger partial charge is 0.301 e. The molecule has 0 amide bonds. The van der Waals surface area contributed by atoms with Crippen LogP contribution >= 0.6 is 0 Å². The minimum atomic E-state index is -3.46. The maximum atomic E-state index is 12.3. The highest BCUT2D eigenvalue weighted by Gasteiger charge is 2.18. The van der Waals surface area contributed by atoms with Gasteiger partial charge in [-0.2, -0.15) is 4.72 Å². The van der Waals surface area contributed by atoms with Crippen LogP contribution < -0.4 is 10.0 Å². The zero-order valence-electron chi connectivity index (χ0n) is 13.5. The molecule has 120 valence electrons. The van der Waals surface area contributed by atoms with Crippen LogP contribution in [0.2, 0.25) is 0 Å². The van der Waals surface area contributed by atoms with Crippen molar-refractivity contribution in [1.29, 1.82) is 0 Å². The van der Waals surface area contributed by atoms with E-state index in [1.807, 2.05) is 26.0 Å². The van der Waals surface area contributed by atoms with E-state index in [-0.39, 0.29) is 6.17 Å². The van der Waals surface area contributed by atoms with E-state index >= 15 is 0 Å². The van der Waals surface area contributed by atoms with Crippen LogP contribution in [0.5, 0.6) is 0 Å². The summed E-state index contributed by atoms with van der Waals surface area (Å²) in [5.74, 6) is 0.500. The minimum absolute atomic E-state index is 0.223. The third kappa shape index (κ3) is 5.09. The van der Waals surface area contributed by atoms with Crippen LogP contribution in [0.3, 0.4) is 0 Å². The van der Waals surface area contributed by atoms with Crippen molar-refractivity contribution in [2.45, 2.75) is 63.9 Å². The van der Waals surface area contributed by atoms with E-state index < -0.39 is 10.0 Å². The Morgan fingerprint density at radius 1 is 0.952 bits per heavy atom. The minimum Gasteiger partial charge on any atom is -0.301 e. The van der Waals surface area contributed by atoms with Crippen LogP contribution in [-0.4, -0.2) is 21.1 Å². The van der Waals surface area contributed by atoms with Gasteiger partial charge in [0.25, 0.3) is 0 Å². The van der Waals surface area contributed by atoms with Gasteiger partial charge < -0.3 is 5.32 Å². The Hall–Kier alpha value is -0.910. The molecule has 0 saturated carbocycles. The molecule has 0 aliphatic rings. The second-order valence-electron chi connectivity index (χ2n) is 5.22. The van der Waals surface area contributed by atoms with Gasteiger partial charge in [0.2, 0.25) is 10.0 Å². The highest BCUT2D eigenvalue weighted by Crippen LogP contribution is 2.24. The molecule has 4 nitrogen and oxygen atoms in total. The van der Waals surface area contributed by atoms with Crippen LogP contribution in [0.4, 0.5) is 0 Å². The summed E-state index contributed by atoms with van der Waals surface area (Å²) in [6, 6.07) is 7.27. The van der Waals surface area contributed by atoms with Gasteiger partial charge in [-0.15, -0.1) is 0 Å². The van der Waals surface area contributed by atoms with Gasteiger partial charge in [-0.25, -0.2) is 8.42 Å². The van der Waals surface area contributed by atoms with E-state index in [4.69, 9.17) is 0 Å². The first-order valence-corrected chi connectivity index (χ1v) is 9.32. The van der Waals surface area contributed by atoms with Crippen molar-refractivity contribution >= 4 is 10.0 Å². The van der Waals surface area contributed by atoms with Gasteiger partial charge in [0, 0.05) is 0 Å². The number of nitrogens with one attached hydrogen (secondary N) is 2. The second kappa shape index (κ2) is 8.51. The van der Waals surface area contributed by atoms with Crippen LogP contribution in [0.25, 0.3) is 0 Å². The van der Waals surface area contributed by atoms with E-state index in [2.05, 4.69) is 23.9 Å². The van der Waals surface area contributed by atoms with Crippen molar-refractivity contribution in [2.24, 2.45) is 0 Å². The third-order valence-corrected chi connectivity index (χ3v) is 5.29. The lowest BCUT2D eigenvalue weighted by Crippen LogP contribution is -2.44. The Bertz CT molecular complexity index is 508. The van der Waals surface area contributed by atoms with Crippen molar-refractivity contribution in [1.82, 2.24) is 10.0 Å². The molecule has 2 N–H and O–H groups in total. The molecule has 1 atom stereocenters. The molecular formula is C16H28N2O2S. The first-order valence-electron chi connectivity index (χ1n) is 7.84. The molecule has 0 aliphatic carbocycles. The summed E-state index contributed by atoms with van der Waals surface area (Å²) in [5, 5.41) is 3.12. The molecule has 0 heterocycles. The molecule has 0 bridgehead atoms. The molecule has 5 heteroatoms. The molecule has 1 aromatic rings. The van der Waals surface area contributed by atoms with Crippen LogP contribution in [0, 0.1) is 0 Å². The Morgan fingerprint density at radius 2 is 1.52 bits per heavy atom. The summed E-state index contributed by atoms with van der Waals surface area (Å²) < 4.78 is 27.4. The topological polar surface area (TPSA) is 58.2 Å². The zero-order valence-corrected chi connectivity index (χ0v) is 14.3. The Labute approximate surface area is 129 Å². The normalized spacial score (nSPS) is 13.6. The molecule has 1 aromatic carbocycles. The molecule has 0 spiro atoms. The maximum absolute atomic E-state index is 12.3. The van der Waals surface area contributed by atoms with E-state index in [1.54, 1.807) is 12.1 Å². The first kappa shape index (κ1) is 18.1. The number of rotatable bonds is 9. The summed E-state index contributed by atoms with van der Waals surface area (Å²) in [7, 11) is -3.46. The summed E-state index contributed by atoms with van der Waals surface area (Å²) in [4.78, 5) is 0.327. The highest BCUT2D eigenvalue weighted by atomic mass is 32.2. The summed E-state index contributed by atoms with van der Waals surface area (Å²) >= 11 is 0. The van der Waals surface area contributed by atoms with E-state index in [1.165, 1.54) is 5.56 Å². The zero-order chi connectivity index (χ0) is 15.9. The Morgan fingerprint density at radius 3 is 1.95 bits per heavy atom. The molecule has 0 aliphatic heterocycles. The average Bonchev–Trinajstić information content (AvgIpc) is 2.48. The van der Waals surface area contributed by atoms with Crippen molar-refractivity contribution in [3.05, 3.63) is 29.8 Å². The fraction of sp³-hybridized carbons (Fsp3) is 0.625. The van der Waals surface area contributed by atoms with Crippen molar-refractivity contribution in [3.8, 4) is 0 Å². The van der Waals surface area contributed by atoms with Gasteiger partial charge >= 0.3 is 0 Å². The summed E-state index contributed by atoms with van der Waals surface area (Å²) in [6.45, 7) is 8.95. The molecule has 1 rings (SSSR count). The monoisotopic (exact) mass is 312 g/mol. The summed E-state index contributed by atoms with van der Waals surface area (Å²) in [5.41, 5.74) is 1.21. The fourth-order valence-electron chi connectivity index (χ4n) is 2.45. The van der Waals surface area contributed by atoms with E-state index in [0.29, 0.717) is 17.2 Å². The smallest absolute Gasteiger partial charge is 0.241 e. The Kier molecular flexibility index (Phi) is 7.35. The lowest BCUT2D eigenvalue weighted by Gasteiger charge is -2.18. The van der Waals surface area contributed by atoms with Gasteiger partial charge in [-0.1, -0.05) is 39.8 Å². The molecule has 1 unspecified atom stereocenters. The van der Waals surface area contributed by atoms with Crippen LogP contribution in [-0.2, 0) is 10.0 Å². The standard InChI is InChI=1S/C16H28N2O2S/c1-5-13(6-2)14-9-11-15(12-10-14)21(19,20)18-16(7-3)17-8-4/h9-13,16-18H,5-8H2,1-4H3. The lowest BCUT2D eigenvalue weighted by molar-refractivity contribution is 0.474. The second-order valence-corrected chi connectivity index (χ2v) is 6.94. The third-order valence-electron chi connectivity index (χ3n) is 3.80. The predicted molar refractivity (Wildman–Crippen MR) is 87.8 cm³/mol. The van der Waals surface area contributed by atoms with Gasteiger partial charge in [-0.3, -0.25) is 0 Å². The lowest BCUT2D eigenvalue weighted by atomic mass is 9.94. The summed E-state index contributed by atoms with van der Waals surface area (Å²) in [6.07, 6.45) is 2.62. The molecule has 0 fully saturated rings. The highest BCUT2D eigenvalue weighted by molar-refractivity contribution is 7.89. The fourth-order valence-corrected chi connectivity index (χ4v) is 3.71. The van der Waals surface area contributed by atoms with Crippen molar-refractivity contribution in [2.75, 3.05) is 6.54 Å². The van der Waals surface area contributed by atoms with Gasteiger partial charge in [-0.05, 0) is 49.4 Å². The van der Waals surface area contributed by atoms with E-state index in [0.717, 1.165) is 19.4 Å². The number of benzene rings is 1. The van der Waals surface area contributed by atoms with Crippen molar-refractivity contribution in [3.63, 3.8) is 0 Å². The van der Waals surface area contributed by atoms with Crippen LogP contribution in [0.1, 0.15) is 58.4 Å². The van der Waals surface area contributed by atoms with Crippen LogP contribution in [0.15, 0.2) is 29.2 Å². The molecule has 0 aromatic heterocycles. The molecule has 0 radical (unpaired) electrons. The van der Waals surface area contributed by atoms with Gasteiger partial charge in [0.15, 0.2) is 0 Å². The average molecular weight is 312 g/mol. The number of hydrogen-bond donors (Lipinski definition) is 2. The Balaban J connectivity index is 2.89. The predicted octanol–water partition coefficient (Wildman–Crippen LogP) is 3.21. The SMILES string of the molecule is CCNC(CC)NS(=O)(=O)c1ccc(C(CC)CC)cc1.